The van der Waals surface area contributed by atoms with Gasteiger partial charge in [0.25, 0.3) is 0 Å². The largest absolute Gasteiger partial charge is 0.495 e. The van der Waals surface area contributed by atoms with E-state index in [1.165, 1.54) is 18.9 Å². The fourth-order valence-electron chi connectivity index (χ4n) is 1.17. The standard InChI is InChI=1S/C11H11NO3S/c1-15-10-4-8(2-3-9(10)5-12)6-16-7-11(13)14/h2-4H,6-7H2,1H3,(H,13,14). The molecule has 4 nitrogen and oxygen atoms in total. The van der Waals surface area contributed by atoms with Gasteiger partial charge in [-0.25, -0.2) is 0 Å². The number of nitrogens with zero attached hydrogens (tertiary/aromatic N) is 1. The monoisotopic (exact) mass is 237 g/mol. The first-order valence-electron chi connectivity index (χ1n) is 4.54. The minimum atomic E-state index is -0.828. The zero-order chi connectivity index (χ0) is 12.0. The number of hydrogen-bond acceptors (Lipinski definition) is 4. The lowest BCUT2D eigenvalue weighted by Gasteiger charge is -2.05. The molecular weight excluding hydrogens is 226 g/mol. The number of hydrogen-bond donors (Lipinski definition) is 1. The maximum Gasteiger partial charge on any atom is 0.313 e. The van der Waals surface area contributed by atoms with Crippen LogP contribution in [0.15, 0.2) is 18.2 Å². The van der Waals surface area contributed by atoms with E-state index in [9.17, 15) is 4.79 Å². The summed E-state index contributed by atoms with van der Waals surface area (Å²) in [6.45, 7) is 0. The molecule has 0 atom stereocenters. The highest BCUT2D eigenvalue weighted by Gasteiger charge is 2.04. The summed E-state index contributed by atoms with van der Waals surface area (Å²) < 4.78 is 5.06. The van der Waals surface area contributed by atoms with E-state index >= 15 is 0 Å². The van der Waals surface area contributed by atoms with Crippen LogP contribution in [0.1, 0.15) is 11.1 Å². The van der Waals surface area contributed by atoms with E-state index < -0.39 is 5.97 Å². The van der Waals surface area contributed by atoms with E-state index in [1.807, 2.05) is 6.07 Å². The molecule has 0 radical (unpaired) electrons. The molecule has 0 heterocycles. The highest BCUT2D eigenvalue weighted by molar-refractivity contribution is 7.99. The summed E-state index contributed by atoms with van der Waals surface area (Å²) in [4.78, 5) is 10.3. The van der Waals surface area contributed by atoms with Crippen molar-refractivity contribution in [3.8, 4) is 11.8 Å². The minimum Gasteiger partial charge on any atom is -0.495 e. The first-order valence-corrected chi connectivity index (χ1v) is 5.69. The molecule has 1 rings (SSSR count). The predicted molar refractivity (Wildman–Crippen MR) is 61.5 cm³/mol. The van der Waals surface area contributed by atoms with E-state index in [4.69, 9.17) is 15.1 Å². The normalized spacial score (nSPS) is 9.50. The van der Waals surface area contributed by atoms with Crippen molar-refractivity contribution >= 4 is 17.7 Å². The van der Waals surface area contributed by atoms with Gasteiger partial charge in [-0.1, -0.05) is 6.07 Å². The van der Waals surface area contributed by atoms with Gasteiger partial charge in [0.15, 0.2) is 0 Å². The summed E-state index contributed by atoms with van der Waals surface area (Å²) in [5.41, 5.74) is 1.43. The van der Waals surface area contributed by atoms with E-state index in [2.05, 4.69) is 0 Å². The molecule has 0 aliphatic carbocycles. The Bertz CT molecular complexity index is 426. The summed E-state index contributed by atoms with van der Waals surface area (Å²) in [6.07, 6.45) is 0. The average molecular weight is 237 g/mol. The number of methoxy groups -OCH3 is 1. The number of carboxylic acid groups (broad SMARTS) is 1. The molecule has 0 fully saturated rings. The van der Waals surface area contributed by atoms with Gasteiger partial charge in [-0.2, -0.15) is 5.26 Å². The van der Waals surface area contributed by atoms with Gasteiger partial charge in [-0.3, -0.25) is 4.79 Å². The number of benzene rings is 1. The molecule has 1 aromatic rings. The Morgan fingerprint density at radius 3 is 2.94 bits per heavy atom. The third kappa shape index (κ3) is 3.48. The fraction of sp³-hybridized carbons (Fsp3) is 0.273. The quantitative estimate of drug-likeness (QED) is 0.846. The van der Waals surface area contributed by atoms with Crippen molar-refractivity contribution in [2.24, 2.45) is 0 Å². The van der Waals surface area contributed by atoms with Crippen molar-refractivity contribution < 1.29 is 14.6 Å². The van der Waals surface area contributed by atoms with Gasteiger partial charge in [0, 0.05) is 5.75 Å². The Balaban J connectivity index is 2.69. The van der Waals surface area contributed by atoms with Gasteiger partial charge >= 0.3 is 5.97 Å². The Hall–Kier alpha value is -1.67. The summed E-state index contributed by atoms with van der Waals surface area (Å²) in [5, 5.41) is 17.3. The maximum atomic E-state index is 10.3. The molecular formula is C11H11NO3S. The van der Waals surface area contributed by atoms with Crippen molar-refractivity contribution in [1.29, 1.82) is 5.26 Å². The van der Waals surface area contributed by atoms with E-state index in [0.717, 1.165) is 5.56 Å². The SMILES string of the molecule is COc1cc(CSCC(=O)O)ccc1C#N. The predicted octanol–water partition coefficient (Wildman–Crippen LogP) is 1.88. The van der Waals surface area contributed by atoms with E-state index in [-0.39, 0.29) is 5.75 Å². The second kappa shape index (κ2) is 6.03. The molecule has 1 N–H and O–H groups in total. The van der Waals surface area contributed by atoms with E-state index in [1.54, 1.807) is 18.2 Å². The molecule has 0 aliphatic heterocycles. The fourth-order valence-corrected chi connectivity index (χ4v) is 1.87. The minimum absolute atomic E-state index is 0.0717. The lowest BCUT2D eigenvalue weighted by atomic mass is 10.1. The molecule has 0 spiro atoms. The van der Waals surface area contributed by atoms with E-state index in [0.29, 0.717) is 17.1 Å². The Labute approximate surface area is 97.8 Å². The van der Waals surface area contributed by atoms with Crippen LogP contribution in [0.3, 0.4) is 0 Å². The molecule has 0 saturated heterocycles. The molecule has 1 aromatic carbocycles. The van der Waals surface area contributed by atoms with Crippen molar-refractivity contribution in [3.63, 3.8) is 0 Å². The molecule has 0 unspecified atom stereocenters. The van der Waals surface area contributed by atoms with Crippen molar-refractivity contribution in [2.45, 2.75) is 5.75 Å². The maximum absolute atomic E-state index is 10.3. The van der Waals surface area contributed by atoms with Gasteiger partial charge in [0.2, 0.25) is 0 Å². The Morgan fingerprint density at radius 1 is 1.62 bits per heavy atom. The van der Waals surface area contributed by atoms with Crippen LogP contribution < -0.4 is 4.74 Å². The lowest BCUT2D eigenvalue weighted by molar-refractivity contribution is -0.133. The van der Waals surface area contributed by atoms with Gasteiger partial charge in [-0.15, -0.1) is 11.8 Å². The zero-order valence-corrected chi connectivity index (χ0v) is 9.58. The van der Waals surface area contributed by atoms with Crippen LogP contribution in [0, 0.1) is 11.3 Å². The zero-order valence-electron chi connectivity index (χ0n) is 8.77. The van der Waals surface area contributed by atoms with Crippen LogP contribution in [0.25, 0.3) is 0 Å². The average Bonchev–Trinajstić information content (AvgIpc) is 2.28. The molecule has 16 heavy (non-hydrogen) atoms. The van der Waals surface area contributed by atoms with Crippen LogP contribution in [-0.4, -0.2) is 23.9 Å². The van der Waals surface area contributed by atoms with Crippen LogP contribution in [-0.2, 0) is 10.5 Å². The molecule has 0 saturated carbocycles. The third-order valence-electron chi connectivity index (χ3n) is 1.88. The lowest BCUT2D eigenvalue weighted by Crippen LogP contribution is -1.98. The van der Waals surface area contributed by atoms with Gasteiger partial charge in [-0.05, 0) is 17.7 Å². The second-order valence-corrected chi connectivity index (χ2v) is 4.02. The number of carboxylic acids is 1. The van der Waals surface area contributed by atoms with Crippen LogP contribution in [0.2, 0.25) is 0 Å². The molecule has 84 valence electrons. The summed E-state index contributed by atoms with van der Waals surface area (Å²) in [6, 6.07) is 7.26. The summed E-state index contributed by atoms with van der Waals surface area (Å²) in [5.74, 6) is 0.359. The van der Waals surface area contributed by atoms with Crippen molar-refractivity contribution in [1.82, 2.24) is 0 Å². The number of thioether (sulfide) groups is 1. The first kappa shape index (κ1) is 12.4. The highest BCUT2D eigenvalue weighted by Crippen LogP contribution is 2.22. The number of nitriles is 1. The number of carbonyl (C=O) groups is 1. The van der Waals surface area contributed by atoms with Crippen LogP contribution >= 0.6 is 11.8 Å². The summed E-state index contributed by atoms with van der Waals surface area (Å²) >= 11 is 1.31. The van der Waals surface area contributed by atoms with Gasteiger partial charge < -0.3 is 9.84 Å². The summed E-state index contributed by atoms with van der Waals surface area (Å²) in [7, 11) is 1.50. The van der Waals surface area contributed by atoms with Crippen molar-refractivity contribution in [3.05, 3.63) is 29.3 Å². The highest BCUT2D eigenvalue weighted by atomic mass is 32.2. The second-order valence-electron chi connectivity index (χ2n) is 3.03. The van der Waals surface area contributed by atoms with Crippen LogP contribution in [0.4, 0.5) is 0 Å². The molecule has 0 aromatic heterocycles. The van der Waals surface area contributed by atoms with Crippen molar-refractivity contribution in [2.75, 3.05) is 12.9 Å². The number of ether oxygens (including phenoxy) is 1. The molecule has 0 amide bonds. The Kier molecular flexibility index (Phi) is 4.67. The topological polar surface area (TPSA) is 70.3 Å². The first-order chi connectivity index (χ1) is 7.67. The third-order valence-corrected chi connectivity index (χ3v) is 2.87. The number of aliphatic carboxylic acids is 1. The van der Waals surface area contributed by atoms with Gasteiger partial charge in [0.05, 0.1) is 18.4 Å². The van der Waals surface area contributed by atoms with Gasteiger partial charge in [0.1, 0.15) is 11.8 Å². The molecule has 0 bridgehead atoms. The Morgan fingerprint density at radius 2 is 2.38 bits per heavy atom. The number of rotatable bonds is 5. The van der Waals surface area contributed by atoms with Crippen LogP contribution in [0.5, 0.6) is 5.75 Å². The smallest absolute Gasteiger partial charge is 0.313 e. The molecule has 5 heteroatoms. The molecule has 0 aliphatic rings.